The summed E-state index contributed by atoms with van der Waals surface area (Å²) >= 11 is -2.86. The topological polar surface area (TPSA) is 86.7 Å². The van der Waals surface area contributed by atoms with Crippen LogP contribution >= 0.6 is 0 Å². The summed E-state index contributed by atoms with van der Waals surface area (Å²) in [6.07, 6.45) is 0. The van der Waals surface area contributed by atoms with Gasteiger partial charge < -0.3 is 44.2 Å². The molecule has 0 amide bonds. The van der Waals surface area contributed by atoms with Crippen molar-refractivity contribution in [2.45, 2.75) is 6.92 Å². The Morgan fingerprint density at radius 1 is 1.25 bits per heavy atom. The summed E-state index contributed by atoms with van der Waals surface area (Å²) in [6.45, 7) is 2.23. The van der Waals surface area contributed by atoms with E-state index in [2.05, 4.69) is 0 Å². The van der Waals surface area contributed by atoms with Crippen molar-refractivity contribution in [3.8, 4) is 0 Å². The fourth-order valence-corrected chi connectivity index (χ4v) is 1.05. The van der Waals surface area contributed by atoms with Crippen LogP contribution in [0.5, 0.6) is 0 Å². The summed E-state index contributed by atoms with van der Waals surface area (Å²) in [7, 11) is 0. The molecule has 0 spiro atoms. The van der Waals surface area contributed by atoms with E-state index < -0.39 is 11.4 Å². The van der Waals surface area contributed by atoms with Crippen LogP contribution in [0.2, 0.25) is 0 Å². The Morgan fingerprint density at radius 2 is 1.60 bits per heavy atom. The fourth-order valence-electron chi connectivity index (χ4n) is 1.05. The average Bonchev–Trinajstić information content (AvgIpc) is 3.05. The van der Waals surface area contributed by atoms with Crippen molar-refractivity contribution in [3.63, 3.8) is 0 Å². The maximum Gasteiger partial charge on any atom is 0.281 e. The predicted molar refractivity (Wildman–Crippen MR) is 71.6 cm³/mol. The molecule has 1 atom stereocenters. The standard InChI is InChI=1S/C8H9O2.C5H5.Fe.H2O3S/c1-2-10-8(9)7-5-3-4-6-7;1-2-4-5-3-1;;1-4(2)3/h3-6H,2H2,1H3;1-5H;;(H2,1,2,3)/q-1;-5;;/p-1. The van der Waals surface area contributed by atoms with Gasteiger partial charge in [0.2, 0.25) is 0 Å². The second-order valence-electron chi connectivity index (χ2n) is 3.07. The van der Waals surface area contributed by atoms with Crippen LogP contribution in [0.3, 0.4) is 0 Å². The van der Waals surface area contributed by atoms with Gasteiger partial charge in [-0.3, -0.25) is 4.79 Å². The first-order chi connectivity index (χ1) is 9.07. The van der Waals surface area contributed by atoms with Crippen molar-refractivity contribution in [1.82, 2.24) is 0 Å². The summed E-state index contributed by atoms with van der Waals surface area (Å²) in [5.74, 6) is -0.243. The first kappa shape index (κ1) is 21.1. The molecular weight excluding hydrogens is 324 g/mol. The maximum atomic E-state index is 10.9. The second kappa shape index (κ2) is 14.2. The number of hydrogen-bond donors (Lipinski definition) is 1. The van der Waals surface area contributed by atoms with E-state index in [4.69, 9.17) is 18.1 Å². The number of carbonyl (C=O) groups is 1. The molecule has 5 nitrogen and oxygen atoms in total. The molecule has 0 aliphatic heterocycles. The van der Waals surface area contributed by atoms with Gasteiger partial charge in [0.25, 0.3) is 5.97 Å². The SMILES string of the molecule is CCOC(=O)[c-]1cccc1.O=S([O-])O.[Fe].[cH-]1[cH-][cH-][cH-][cH-]1. The van der Waals surface area contributed by atoms with E-state index >= 15 is 0 Å². The first-order valence-corrected chi connectivity index (χ1v) is 6.45. The van der Waals surface area contributed by atoms with Gasteiger partial charge in [-0.15, -0.1) is 0 Å². The molecule has 7 heteroatoms. The van der Waals surface area contributed by atoms with Crippen molar-refractivity contribution < 1.29 is 39.9 Å². The summed E-state index contributed by atoms with van der Waals surface area (Å²) in [5, 5.41) is 0. The molecule has 2 aromatic rings. The monoisotopic (exact) mass is 339 g/mol. The third kappa shape index (κ3) is 13.2. The molecule has 118 valence electrons. The average molecular weight is 339 g/mol. The van der Waals surface area contributed by atoms with E-state index in [1.54, 1.807) is 19.1 Å². The Kier molecular flexibility index (Phi) is 14.9. The van der Waals surface area contributed by atoms with Gasteiger partial charge in [0.05, 0.1) is 18.0 Å². The second-order valence-corrected chi connectivity index (χ2v) is 3.51. The minimum atomic E-state index is -2.86. The van der Waals surface area contributed by atoms with Crippen molar-refractivity contribution >= 4 is 17.3 Å². The number of ether oxygens (including phenoxy) is 1. The third-order valence-corrected chi connectivity index (χ3v) is 1.73. The number of esters is 1. The van der Waals surface area contributed by atoms with Crippen molar-refractivity contribution in [2.75, 3.05) is 6.61 Å². The molecule has 0 aliphatic carbocycles. The third-order valence-electron chi connectivity index (χ3n) is 1.73. The number of rotatable bonds is 2. The van der Waals surface area contributed by atoms with E-state index in [-0.39, 0.29) is 23.0 Å². The molecule has 0 fully saturated rings. The van der Waals surface area contributed by atoms with Gasteiger partial charge in [-0.1, -0.05) is 5.56 Å². The van der Waals surface area contributed by atoms with Crippen molar-refractivity contribution in [1.29, 1.82) is 0 Å². The summed E-state index contributed by atoms with van der Waals surface area (Å²) in [4.78, 5) is 10.9. The van der Waals surface area contributed by atoms with Crippen LogP contribution in [0, 0.1) is 0 Å². The normalized spacial score (nSPS) is 9.75. The molecule has 0 heterocycles. The predicted octanol–water partition coefficient (Wildman–Crippen LogP) is 2.32. The van der Waals surface area contributed by atoms with Crippen LogP contribution in [-0.4, -0.2) is 25.9 Å². The van der Waals surface area contributed by atoms with Crippen LogP contribution in [0.4, 0.5) is 0 Å². The zero-order chi connectivity index (χ0) is 14.5. The molecule has 0 saturated carbocycles. The maximum absolute atomic E-state index is 10.9. The summed E-state index contributed by atoms with van der Waals surface area (Å²) in [6, 6.07) is 17.1. The quantitative estimate of drug-likeness (QED) is 0.393. The van der Waals surface area contributed by atoms with Gasteiger partial charge in [-0.05, 0) is 6.92 Å². The summed E-state index contributed by atoms with van der Waals surface area (Å²) in [5.41, 5.74) is 0.627. The zero-order valence-electron chi connectivity index (χ0n) is 10.7. The van der Waals surface area contributed by atoms with Gasteiger partial charge >= 0.3 is 0 Å². The van der Waals surface area contributed by atoms with E-state index in [0.717, 1.165) is 0 Å². The van der Waals surface area contributed by atoms with Crippen molar-refractivity contribution in [3.05, 3.63) is 60.2 Å². The molecule has 2 aromatic carbocycles. The van der Waals surface area contributed by atoms with Gasteiger partial charge in [0, 0.05) is 17.1 Å². The zero-order valence-corrected chi connectivity index (χ0v) is 12.7. The Morgan fingerprint density at radius 3 is 1.90 bits per heavy atom. The molecule has 20 heavy (non-hydrogen) atoms. The fraction of sp³-hybridized carbons (Fsp3) is 0.154. The van der Waals surface area contributed by atoms with Crippen LogP contribution in [0.15, 0.2) is 54.6 Å². The molecule has 2 rings (SSSR count). The molecule has 0 radical (unpaired) electrons. The van der Waals surface area contributed by atoms with Crippen LogP contribution in [-0.2, 0) is 33.2 Å². The Hall–Kier alpha value is -1.24. The molecule has 0 aromatic heterocycles. The minimum Gasteiger partial charge on any atom is -0.750 e. The van der Waals surface area contributed by atoms with Crippen molar-refractivity contribution in [2.24, 2.45) is 0 Å². The minimum absolute atomic E-state index is 0. The van der Waals surface area contributed by atoms with Crippen LogP contribution in [0.25, 0.3) is 0 Å². The van der Waals surface area contributed by atoms with Gasteiger partial charge in [0.1, 0.15) is 0 Å². The largest absolute Gasteiger partial charge is 0.750 e. The molecule has 0 bridgehead atoms. The van der Waals surface area contributed by atoms with Gasteiger partial charge in [0.15, 0.2) is 0 Å². The Bertz CT molecular complexity index is 418. The van der Waals surface area contributed by atoms with E-state index in [1.807, 2.05) is 42.5 Å². The van der Waals surface area contributed by atoms with Crippen LogP contribution in [0.1, 0.15) is 17.3 Å². The first-order valence-electron chi connectivity index (χ1n) is 5.41. The molecule has 0 saturated heterocycles. The van der Waals surface area contributed by atoms with Gasteiger partial charge in [-0.25, -0.2) is 16.3 Å². The molecular formula is C13H15FeO5S-7. The number of carbonyl (C=O) groups excluding carboxylic acids is 1. The summed E-state index contributed by atoms with van der Waals surface area (Å²) < 4.78 is 28.8. The van der Waals surface area contributed by atoms with Gasteiger partial charge in [-0.2, -0.15) is 12.1 Å². The van der Waals surface area contributed by atoms with E-state index in [1.165, 1.54) is 0 Å². The van der Waals surface area contributed by atoms with Crippen LogP contribution < -0.4 is 0 Å². The smallest absolute Gasteiger partial charge is 0.281 e. The van der Waals surface area contributed by atoms with E-state index in [9.17, 15) is 4.79 Å². The Balaban J connectivity index is 0. The number of hydrogen-bond acceptors (Lipinski definition) is 4. The Labute approximate surface area is 131 Å². The van der Waals surface area contributed by atoms with E-state index in [0.29, 0.717) is 12.2 Å². The molecule has 0 aliphatic rings. The molecule has 1 N–H and O–H groups in total. The molecule has 1 unspecified atom stereocenters.